The first-order valence-corrected chi connectivity index (χ1v) is 5.57. The average Bonchev–Trinajstić information content (AvgIpc) is 2.56. The van der Waals surface area contributed by atoms with Crippen molar-refractivity contribution in [3.05, 3.63) is 29.6 Å². The number of hydrogen-bond acceptors (Lipinski definition) is 2. The Bertz CT molecular complexity index is 564. The van der Waals surface area contributed by atoms with Gasteiger partial charge in [0.05, 0.1) is 6.42 Å². The van der Waals surface area contributed by atoms with Crippen LogP contribution in [-0.4, -0.2) is 21.0 Å². The standard InChI is InChI=1S/C13H16N2O2/c1-13(2,3)11-9(7-10(16)17)8-5-4-6-14-12(8)15-11/h4-6H,7H2,1-3H3,(H,14,15)(H,16,17). The molecule has 2 heterocycles. The normalized spacial score (nSPS) is 11.9. The predicted molar refractivity (Wildman–Crippen MR) is 66.1 cm³/mol. The van der Waals surface area contributed by atoms with Gasteiger partial charge in [-0.25, -0.2) is 4.98 Å². The molecule has 90 valence electrons. The van der Waals surface area contributed by atoms with Crippen LogP contribution in [0.4, 0.5) is 0 Å². The molecule has 0 fully saturated rings. The molecule has 2 rings (SSSR count). The molecule has 0 aromatic carbocycles. The molecule has 2 aromatic rings. The molecule has 0 aliphatic heterocycles. The molecule has 0 saturated carbocycles. The molecule has 2 aromatic heterocycles. The van der Waals surface area contributed by atoms with Crippen molar-refractivity contribution < 1.29 is 9.90 Å². The van der Waals surface area contributed by atoms with Crippen LogP contribution in [0.2, 0.25) is 0 Å². The Morgan fingerprint density at radius 3 is 2.76 bits per heavy atom. The molecule has 2 N–H and O–H groups in total. The van der Waals surface area contributed by atoms with Crippen molar-refractivity contribution in [2.24, 2.45) is 0 Å². The van der Waals surface area contributed by atoms with Crippen molar-refractivity contribution >= 4 is 17.0 Å². The molecule has 0 unspecified atom stereocenters. The quantitative estimate of drug-likeness (QED) is 0.836. The maximum absolute atomic E-state index is 11.0. The first kappa shape index (κ1) is 11.6. The lowest BCUT2D eigenvalue weighted by Crippen LogP contribution is -2.15. The highest BCUT2D eigenvalue weighted by Crippen LogP contribution is 2.30. The second-order valence-electron chi connectivity index (χ2n) is 5.20. The number of carboxylic acid groups (broad SMARTS) is 1. The Hall–Kier alpha value is -1.84. The molecule has 0 aliphatic rings. The average molecular weight is 232 g/mol. The van der Waals surface area contributed by atoms with Crippen LogP contribution < -0.4 is 0 Å². The van der Waals surface area contributed by atoms with Gasteiger partial charge in [0.25, 0.3) is 0 Å². The SMILES string of the molecule is CC(C)(C)c1[nH]c2ncccc2c1CC(=O)O. The Morgan fingerprint density at radius 2 is 2.18 bits per heavy atom. The van der Waals surface area contributed by atoms with Crippen LogP contribution in [0, 0.1) is 0 Å². The number of nitrogens with zero attached hydrogens (tertiary/aromatic N) is 1. The van der Waals surface area contributed by atoms with Crippen LogP contribution in [0.3, 0.4) is 0 Å². The molecule has 0 radical (unpaired) electrons. The smallest absolute Gasteiger partial charge is 0.307 e. The van der Waals surface area contributed by atoms with E-state index < -0.39 is 5.97 Å². The number of pyridine rings is 1. The van der Waals surface area contributed by atoms with Gasteiger partial charge in [-0.15, -0.1) is 0 Å². The van der Waals surface area contributed by atoms with Gasteiger partial charge in [0, 0.05) is 22.7 Å². The molecule has 0 saturated heterocycles. The summed E-state index contributed by atoms with van der Waals surface area (Å²) in [5.41, 5.74) is 2.43. The van der Waals surface area contributed by atoms with Gasteiger partial charge >= 0.3 is 5.97 Å². The van der Waals surface area contributed by atoms with Crippen LogP contribution in [0.15, 0.2) is 18.3 Å². The lowest BCUT2D eigenvalue weighted by Gasteiger charge is -2.18. The Morgan fingerprint density at radius 1 is 1.47 bits per heavy atom. The fourth-order valence-corrected chi connectivity index (χ4v) is 2.05. The van der Waals surface area contributed by atoms with Crippen molar-refractivity contribution in [3.8, 4) is 0 Å². The summed E-state index contributed by atoms with van der Waals surface area (Å²) in [6, 6.07) is 3.74. The van der Waals surface area contributed by atoms with E-state index in [0.29, 0.717) is 0 Å². The fourth-order valence-electron chi connectivity index (χ4n) is 2.05. The Balaban J connectivity index is 2.69. The number of carboxylic acids is 1. The summed E-state index contributed by atoms with van der Waals surface area (Å²) >= 11 is 0. The molecular formula is C13H16N2O2. The van der Waals surface area contributed by atoms with E-state index in [1.807, 2.05) is 12.1 Å². The molecule has 4 heteroatoms. The van der Waals surface area contributed by atoms with Crippen molar-refractivity contribution in [2.75, 3.05) is 0 Å². The molecule has 0 bridgehead atoms. The zero-order valence-electron chi connectivity index (χ0n) is 10.2. The minimum atomic E-state index is -0.819. The fraction of sp³-hybridized carbons (Fsp3) is 0.385. The minimum Gasteiger partial charge on any atom is -0.481 e. The third-order valence-electron chi connectivity index (χ3n) is 2.76. The Kier molecular flexibility index (Phi) is 2.65. The second-order valence-corrected chi connectivity index (χ2v) is 5.20. The maximum Gasteiger partial charge on any atom is 0.307 e. The van der Waals surface area contributed by atoms with Gasteiger partial charge < -0.3 is 10.1 Å². The number of H-pyrrole nitrogens is 1. The van der Waals surface area contributed by atoms with E-state index in [-0.39, 0.29) is 11.8 Å². The van der Waals surface area contributed by atoms with E-state index in [1.54, 1.807) is 6.20 Å². The van der Waals surface area contributed by atoms with Gasteiger partial charge in [-0.2, -0.15) is 0 Å². The van der Waals surface area contributed by atoms with E-state index in [2.05, 4.69) is 30.7 Å². The van der Waals surface area contributed by atoms with Gasteiger partial charge in [-0.1, -0.05) is 20.8 Å². The summed E-state index contributed by atoms with van der Waals surface area (Å²) < 4.78 is 0. The number of rotatable bonds is 2. The van der Waals surface area contributed by atoms with E-state index in [0.717, 1.165) is 22.3 Å². The van der Waals surface area contributed by atoms with E-state index in [1.165, 1.54) is 0 Å². The second kappa shape index (κ2) is 3.87. The monoisotopic (exact) mass is 232 g/mol. The molecular weight excluding hydrogens is 216 g/mol. The summed E-state index contributed by atoms with van der Waals surface area (Å²) in [5.74, 6) is -0.819. The molecule has 17 heavy (non-hydrogen) atoms. The summed E-state index contributed by atoms with van der Waals surface area (Å²) in [7, 11) is 0. The number of carbonyl (C=O) groups is 1. The van der Waals surface area contributed by atoms with Gasteiger partial charge in [-0.3, -0.25) is 4.79 Å². The first-order chi connectivity index (χ1) is 7.89. The van der Waals surface area contributed by atoms with Gasteiger partial charge in [0.2, 0.25) is 0 Å². The van der Waals surface area contributed by atoms with Crippen LogP contribution in [0.5, 0.6) is 0 Å². The van der Waals surface area contributed by atoms with Crippen molar-refractivity contribution in [1.82, 2.24) is 9.97 Å². The third kappa shape index (κ3) is 2.16. The van der Waals surface area contributed by atoms with Crippen molar-refractivity contribution in [1.29, 1.82) is 0 Å². The molecule has 0 aliphatic carbocycles. The van der Waals surface area contributed by atoms with E-state index in [9.17, 15) is 4.79 Å². The number of nitrogens with one attached hydrogen (secondary N) is 1. The predicted octanol–water partition coefficient (Wildman–Crippen LogP) is 2.49. The molecule has 0 atom stereocenters. The largest absolute Gasteiger partial charge is 0.481 e. The number of aromatic amines is 1. The van der Waals surface area contributed by atoms with Crippen molar-refractivity contribution in [3.63, 3.8) is 0 Å². The zero-order chi connectivity index (χ0) is 12.6. The lowest BCUT2D eigenvalue weighted by molar-refractivity contribution is -0.136. The summed E-state index contributed by atoms with van der Waals surface area (Å²) in [6.07, 6.45) is 1.73. The van der Waals surface area contributed by atoms with Crippen molar-refractivity contribution in [2.45, 2.75) is 32.6 Å². The first-order valence-electron chi connectivity index (χ1n) is 5.57. The molecule has 0 spiro atoms. The Labute approximate surface area is 99.7 Å². The van der Waals surface area contributed by atoms with Crippen LogP contribution in [0.1, 0.15) is 32.0 Å². The third-order valence-corrected chi connectivity index (χ3v) is 2.76. The van der Waals surface area contributed by atoms with Crippen LogP contribution in [0.25, 0.3) is 11.0 Å². The number of aromatic nitrogens is 2. The molecule has 0 amide bonds. The topological polar surface area (TPSA) is 66.0 Å². The maximum atomic E-state index is 11.0. The lowest BCUT2D eigenvalue weighted by atomic mass is 9.88. The van der Waals surface area contributed by atoms with E-state index >= 15 is 0 Å². The van der Waals surface area contributed by atoms with Gasteiger partial charge in [-0.05, 0) is 17.7 Å². The molecule has 4 nitrogen and oxygen atoms in total. The number of fused-ring (bicyclic) bond motifs is 1. The number of hydrogen-bond donors (Lipinski definition) is 2. The minimum absolute atomic E-state index is 0.0261. The highest BCUT2D eigenvalue weighted by atomic mass is 16.4. The van der Waals surface area contributed by atoms with Crippen LogP contribution in [-0.2, 0) is 16.6 Å². The highest BCUT2D eigenvalue weighted by Gasteiger charge is 2.23. The summed E-state index contributed by atoms with van der Waals surface area (Å²) in [4.78, 5) is 18.4. The number of aliphatic carboxylic acids is 1. The van der Waals surface area contributed by atoms with Gasteiger partial charge in [0.15, 0.2) is 0 Å². The van der Waals surface area contributed by atoms with Crippen LogP contribution >= 0.6 is 0 Å². The van der Waals surface area contributed by atoms with E-state index in [4.69, 9.17) is 5.11 Å². The van der Waals surface area contributed by atoms with Gasteiger partial charge in [0.1, 0.15) is 5.65 Å². The highest BCUT2D eigenvalue weighted by molar-refractivity contribution is 5.86. The summed E-state index contributed by atoms with van der Waals surface area (Å²) in [5, 5.41) is 9.90. The summed E-state index contributed by atoms with van der Waals surface area (Å²) in [6.45, 7) is 6.18. The zero-order valence-corrected chi connectivity index (χ0v) is 10.2.